The zero-order chi connectivity index (χ0) is 25.1. The van der Waals surface area contributed by atoms with E-state index >= 15 is 0 Å². The Morgan fingerprint density at radius 1 is 1.09 bits per heavy atom. The predicted molar refractivity (Wildman–Crippen MR) is 137 cm³/mol. The van der Waals surface area contributed by atoms with Crippen molar-refractivity contribution < 1.29 is 19.4 Å². The van der Waals surface area contributed by atoms with Gasteiger partial charge in [0.1, 0.15) is 11.4 Å². The van der Waals surface area contributed by atoms with Crippen LogP contribution in [0.1, 0.15) is 65.4 Å². The lowest BCUT2D eigenvalue weighted by Gasteiger charge is -2.34. The molecule has 5 nitrogen and oxygen atoms in total. The fourth-order valence-electron chi connectivity index (χ4n) is 5.28. The maximum absolute atomic E-state index is 14.1. The van der Waals surface area contributed by atoms with Gasteiger partial charge in [0.15, 0.2) is 0 Å². The van der Waals surface area contributed by atoms with Gasteiger partial charge in [0, 0.05) is 10.7 Å². The molecule has 0 bridgehead atoms. The lowest BCUT2D eigenvalue weighted by atomic mass is 9.76. The van der Waals surface area contributed by atoms with Crippen molar-refractivity contribution in [2.24, 2.45) is 0 Å². The Labute approximate surface area is 210 Å². The van der Waals surface area contributed by atoms with Crippen molar-refractivity contribution in [1.82, 2.24) is 0 Å². The normalized spacial score (nSPS) is 20.3. The quantitative estimate of drug-likeness (QED) is 0.466. The molecule has 180 valence electrons. The third-order valence-corrected chi connectivity index (χ3v) is 7.54. The van der Waals surface area contributed by atoms with E-state index in [0.717, 1.165) is 46.5 Å². The first kappa shape index (κ1) is 23.4. The van der Waals surface area contributed by atoms with Crippen LogP contribution in [0, 0.1) is 6.92 Å². The number of anilines is 1. The summed E-state index contributed by atoms with van der Waals surface area (Å²) in [4.78, 5) is 27.7. The smallest absolute Gasteiger partial charge is 0.336 e. The molecule has 0 saturated carbocycles. The summed E-state index contributed by atoms with van der Waals surface area (Å²) in [7, 11) is 0. The molecule has 0 fully saturated rings. The number of carbonyl (C=O) groups is 2. The largest absolute Gasteiger partial charge is 0.488 e. The summed E-state index contributed by atoms with van der Waals surface area (Å²) in [6, 6.07) is 16.7. The molecule has 1 N–H and O–H groups in total. The summed E-state index contributed by atoms with van der Waals surface area (Å²) in [5.74, 6) is -0.263. The minimum Gasteiger partial charge on any atom is -0.488 e. The number of ether oxygens (including phenoxy) is 1. The van der Waals surface area contributed by atoms with E-state index in [9.17, 15) is 14.7 Å². The van der Waals surface area contributed by atoms with Crippen LogP contribution >= 0.6 is 11.6 Å². The summed E-state index contributed by atoms with van der Waals surface area (Å²) in [5, 5.41) is 10.3. The van der Waals surface area contributed by atoms with E-state index in [1.165, 1.54) is 0 Å². The molecule has 5 rings (SSSR count). The van der Waals surface area contributed by atoms with Gasteiger partial charge in [-0.2, -0.15) is 0 Å². The van der Waals surface area contributed by atoms with E-state index in [1.54, 1.807) is 23.1 Å². The van der Waals surface area contributed by atoms with Gasteiger partial charge >= 0.3 is 5.97 Å². The van der Waals surface area contributed by atoms with Gasteiger partial charge in [0.2, 0.25) is 5.91 Å². The number of rotatable bonds is 4. The van der Waals surface area contributed by atoms with Gasteiger partial charge < -0.3 is 14.7 Å². The van der Waals surface area contributed by atoms with Gasteiger partial charge in [-0.3, -0.25) is 4.79 Å². The maximum atomic E-state index is 14.1. The standard InChI is InChI=1S/C29H28ClNO4/c1-17-5-8-22(26(32)33)19(13-17)16-31-24-9-7-21(30)15-23(24)29(4,27(31)34)20-6-10-25-18(14-20)11-12-28(2,3)35-25/h5-10,13-15H,11-12,16H2,1-4H3,(H,32,33)/t29-/m0/s1. The zero-order valence-corrected chi connectivity index (χ0v) is 21.1. The van der Waals surface area contributed by atoms with Crippen molar-refractivity contribution in [3.05, 3.63) is 93.0 Å². The average molecular weight is 490 g/mol. The lowest BCUT2D eigenvalue weighted by molar-refractivity contribution is -0.121. The molecule has 2 heterocycles. The van der Waals surface area contributed by atoms with E-state index in [1.807, 2.05) is 44.2 Å². The van der Waals surface area contributed by atoms with Crippen LogP contribution in [0.3, 0.4) is 0 Å². The number of benzene rings is 3. The molecule has 1 amide bonds. The van der Waals surface area contributed by atoms with Crippen molar-refractivity contribution in [2.75, 3.05) is 4.90 Å². The fourth-order valence-corrected chi connectivity index (χ4v) is 5.45. The van der Waals surface area contributed by atoms with Crippen LogP contribution in [0.2, 0.25) is 5.02 Å². The Morgan fingerprint density at radius 2 is 1.86 bits per heavy atom. The molecule has 35 heavy (non-hydrogen) atoms. The molecule has 2 aliphatic heterocycles. The Bertz CT molecular complexity index is 1380. The zero-order valence-electron chi connectivity index (χ0n) is 20.3. The van der Waals surface area contributed by atoms with Crippen LogP contribution in [0.15, 0.2) is 54.6 Å². The molecule has 0 aliphatic carbocycles. The topological polar surface area (TPSA) is 66.8 Å². The number of nitrogens with zero attached hydrogens (tertiary/aromatic N) is 1. The van der Waals surface area contributed by atoms with Crippen LogP contribution < -0.4 is 9.64 Å². The molecule has 2 aliphatic rings. The van der Waals surface area contributed by atoms with Crippen molar-refractivity contribution in [3.63, 3.8) is 0 Å². The van der Waals surface area contributed by atoms with Crippen molar-refractivity contribution in [2.45, 2.75) is 58.1 Å². The third kappa shape index (κ3) is 3.88. The molecule has 0 spiro atoms. The molecule has 6 heteroatoms. The Kier molecular flexibility index (Phi) is 5.44. The van der Waals surface area contributed by atoms with Crippen LogP contribution in [0.5, 0.6) is 5.75 Å². The van der Waals surface area contributed by atoms with E-state index < -0.39 is 11.4 Å². The molecule has 1 atom stereocenters. The number of carboxylic acids is 1. The molecular formula is C29H28ClNO4. The number of aryl methyl sites for hydroxylation is 2. The fraction of sp³-hybridized carbons (Fsp3) is 0.310. The molecule has 3 aromatic carbocycles. The van der Waals surface area contributed by atoms with Gasteiger partial charge in [-0.25, -0.2) is 4.79 Å². The van der Waals surface area contributed by atoms with Crippen LogP contribution in [-0.2, 0) is 23.2 Å². The number of carbonyl (C=O) groups excluding carboxylic acids is 1. The second kappa shape index (κ2) is 8.13. The first-order valence-corrected chi connectivity index (χ1v) is 12.1. The number of fused-ring (bicyclic) bond motifs is 2. The molecule has 0 unspecified atom stereocenters. The number of amides is 1. The number of carboxylic acid groups (broad SMARTS) is 1. The summed E-state index contributed by atoms with van der Waals surface area (Å²) in [6.45, 7) is 8.16. The highest BCUT2D eigenvalue weighted by Crippen LogP contribution is 2.49. The lowest BCUT2D eigenvalue weighted by Crippen LogP contribution is -2.39. The number of aromatic carboxylic acids is 1. The van der Waals surface area contributed by atoms with E-state index in [2.05, 4.69) is 19.9 Å². The van der Waals surface area contributed by atoms with Gasteiger partial charge in [-0.05, 0) is 93.1 Å². The van der Waals surface area contributed by atoms with Gasteiger partial charge in [0.05, 0.1) is 17.5 Å². The van der Waals surface area contributed by atoms with Gasteiger partial charge in [-0.15, -0.1) is 0 Å². The molecule has 3 aromatic rings. The Balaban J connectivity index is 1.61. The summed E-state index contributed by atoms with van der Waals surface area (Å²) in [5.41, 5.74) is 4.07. The second-order valence-corrected chi connectivity index (χ2v) is 10.8. The highest BCUT2D eigenvalue weighted by atomic mass is 35.5. The van der Waals surface area contributed by atoms with Crippen molar-refractivity contribution >= 4 is 29.2 Å². The monoisotopic (exact) mass is 489 g/mol. The SMILES string of the molecule is Cc1ccc(C(=O)O)c(CN2C(=O)[C@@](C)(c3ccc4c(c3)CCC(C)(C)O4)c3cc(Cl)ccc32)c1. The first-order chi connectivity index (χ1) is 16.5. The highest BCUT2D eigenvalue weighted by Gasteiger charge is 2.49. The highest BCUT2D eigenvalue weighted by molar-refractivity contribution is 6.31. The minimum absolute atomic E-state index is 0.107. The maximum Gasteiger partial charge on any atom is 0.336 e. The number of halogens is 1. The summed E-state index contributed by atoms with van der Waals surface area (Å²) in [6.07, 6.45) is 1.77. The van der Waals surface area contributed by atoms with Crippen LogP contribution in [0.4, 0.5) is 5.69 Å². The third-order valence-electron chi connectivity index (χ3n) is 7.30. The molecule has 0 radical (unpaired) electrons. The van der Waals surface area contributed by atoms with E-state index in [-0.39, 0.29) is 23.6 Å². The van der Waals surface area contributed by atoms with Crippen LogP contribution in [-0.4, -0.2) is 22.6 Å². The van der Waals surface area contributed by atoms with Crippen molar-refractivity contribution in [1.29, 1.82) is 0 Å². The number of hydrogen-bond donors (Lipinski definition) is 1. The summed E-state index contributed by atoms with van der Waals surface area (Å²) >= 11 is 6.40. The minimum atomic E-state index is -1.01. The Hall–Kier alpha value is -3.31. The van der Waals surface area contributed by atoms with Crippen LogP contribution in [0.25, 0.3) is 0 Å². The van der Waals surface area contributed by atoms with Gasteiger partial charge in [0.25, 0.3) is 0 Å². The second-order valence-electron chi connectivity index (χ2n) is 10.3. The van der Waals surface area contributed by atoms with Crippen molar-refractivity contribution in [3.8, 4) is 5.75 Å². The predicted octanol–water partition coefficient (Wildman–Crippen LogP) is 6.30. The Morgan fingerprint density at radius 3 is 2.60 bits per heavy atom. The number of hydrogen-bond acceptors (Lipinski definition) is 3. The molecular weight excluding hydrogens is 462 g/mol. The van der Waals surface area contributed by atoms with E-state index in [4.69, 9.17) is 16.3 Å². The average Bonchev–Trinajstić information content (AvgIpc) is 3.00. The van der Waals surface area contributed by atoms with E-state index in [0.29, 0.717) is 10.6 Å². The molecule has 0 aromatic heterocycles. The molecule has 0 saturated heterocycles. The van der Waals surface area contributed by atoms with Gasteiger partial charge in [-0.1, -0.05) is 41.4 Å². The first-order valence-electron chi connectivity index (χ1n) is 11.8. The summed E-state index contributed by atoms with van der Waals surface area (Å²) < 4.78 is 6.16.